The molecule has 36 heavy (non-hydrogen) atoms. The van der Waals surface area contributed by atoms with Gasteiger partial charge in [-0.25, -0.2) is 4.79 Å². The number of aryl methyl sites for hydroxylation is 1. The van der Waals surface area contributed by atoms with E-state index >= 15 is 0 Å². The molecule has 0 bridgehead atoms. The SMILES string of the molecule is CCOC(=O)c1c(NC(=O)CSc2cccc(NC(=S)Nc3ccccc3)c2)sc2c1CCCCC2. The van der Waals surface area contributed by atoms with Gasteiger partial charge < -0.3 is 20.7 Å². The quantitative estimate of drug-likeness (QED) is 0.127. The normalized spacial score (nSPS) is 12.7. The number of para-hydroxylation sites is 1. The highest BCUT2D eigenvalue weighted by Crippen LogP contribution is 2.38. The first-order valence-electron chi connectivity index (χ1n) is 12.0. The van der Waals surface area contributed by atoms with Crippen LogP contribution in [0.15, 0.2) is 59.5 Å². The molecule has 0 unspecified atom stereocenters. The fraction of sp³-hybridized carbons (Fsp3) is 0.296. The molecule has 1 heterocycles. The number of thiophene rings is 1. The van der Waals surface area contributed by atoms with Gasteiger partial charge in [0.25, 0.3) is 0 Å². The zero-order valence-electron chi connectivity index (χ0n) is 20.1. The van der Waals surface area contributed by atoms with Crippen molar-refractivity contribution < 1.29 is 14.3 Å². The molecule has 0 fully saturated rings. The van der Waals surface area contributed by atoms with Gasteiger partial charge in [0.05, 0.1) is 17.9 Å². The summed E-state index contributed by atoms with van der Waals surface area (Å²) in [5, 5.41) is 10.4. The van der Waals surface area contributed by atoms with E-state index in [1.165, 1.54) is 28.0 Å². The van der Waals surface area contributed by atoms with Gasteiger partial charge in [0.15, 0.2) is 5.11 Å². The Morgan fingerprint density at radius 2 is 1.72 bits per heavy atom. The summed E-state index contributed by atoms with van der Waals surface area (Å²) in [6.45, 7) is 2.10. The van der Waals surface area contributed by atoms with E-state index < -0.39 is 0 Å². The van der Waals surface area contributed by atoms with Crippen molar-refractivity contribution in [1.82, 2.24) is 0 Å². The predicted octanol–water partition coefficient (Wildman–Crippen LogP) is 6.73. The summed E-state index contributed by atoms with van der Waals surface area (Å²) in [5.74, 6) is -0.277. The van der Waals surface area contributed by atoms with E-state index in [-0.39, 0.29) is 17.6 Å². The molecule has 0 atom stereocenters. The Kier molecular flexibility index (Phi) is 9.38. The minimum absolute atomic E-state index is 0.151. The maximum absolute atomic E-state index is 12.8. The summed E-state index contributed by atoms with van der Waals surface area (Å²) in [5.41, 5.74) is 3.34. The maximum Gasteiger partial charge on any atom is 0.341 e. The van der Waals surface area contributed by atoms with E-state index in [0.717, 1.165) is 53.9 Å². The van der Waals surface area contributed by atoms with E-state index in [4.69, 9.17) is 17.0 Å². The molecule has 2 aromatic carbocycles. The Morgan fingerprint density at radius 1 is 0.972 bits per heavy atom. The van der Waals surface area contributed by atoms with Gasteiger partial charge in [0, 0.05) is 21.1 Å². The highest BCUT2D eigenvalue weighted by molar-refractivity contribution is 8.00. The minimum Gasteiger partial charge on any atom is -0.462 e. The number of hydrogen-bond donors (Lipinski definition) is 3. The third-order valence-electron chi connectivity index (χ3n) is 5.65. The topological polar surface area (TPSA) is 79.5 Å². The Morgan fingerprint density at radius 3 is 2.53 bits per heavy atom. The number of thiocarbonyl (C=S) groups is 1. The molecule has 188 valence electrons. The number of anilines is 3. The number of ether oxygens (including phenoxy) is 1. The third kappa shape index (κ3) is 7.09. The van der Waals surface area contributed by atoms with Crippen molar-refractivity contribution in [3.63, 3.8) is 0 Å². The molecule has 1 aliphatic carbocycles. The Balaban J connectivity index is 1.37. The van der Waals surface area contributed by atoms with E-state index in [9.17, 15) is 9.59 Å². The van der Waals surface area contributed by atoms with E-state index in [1.54, 1.807) is 6.92 Å². The first kappa shape index (κ1) is 26.2. The number of carbonyl (C=O) groups excluding carboxylic acids is 2. The third-order valence-corrected chi connectivity index (χ3v) is 8.05. The fourth-order valence-corrected chi connectivity index (χ4v) is 6.32. The first-order chi connectivity index (χ1) is 17.5. The second-order valence-electron chi connectivity index (χ2n) is 8.30. The van der Waals surface area contributed by atoms with Crippen molar-refractivity contribution in [2.45, 2.75) is 43.9 Å². The Bertz CT molecular complexity index is 1230. The lowest BCUT2D eigenvalue weighted by atomic mass is 10.1. The standard InChI is InChI=1S/C27H29N3O3S3/c1-2-33-26(32)24-21-14-7-4-8-15-22(21)36-25(24)30-23(31)17-35-20-13-9-12-19(16-20)29-27(34)28-18-10-5-3-6-11-18/h3,5-6,9-13,16H,2,4,7-8,14-15,17H2,1H3,(H,30,31)(H2,28,29,34). The van der Waals surface area contributed by atoms with Crippen LogP contribution in [0.2, 0.25) is 0 Å². The average molecular weight is 540 g/mol. The van der Waals surface area contributed by atoms with Gasteiger partial charge >= 0.3 is 5.97 Å². The van der Waals surface area contributed by atoms with Crippen LogP contribution in [-0.2, 0) is 22.4 Å². The molecule has 0 aliphatic heterocycles. The highest BCUT2D eigenvalue weighted by atomic mass is 32.2. The van der Waals surface area contributed by atoms with Crippen LogP contribution in [0.5, 0.6) is 0 Å². The summed E-state index contributed by atoms with van der Waals surface area (Å²) in [7, 11) is 0. The minimum atomic E-state index is -0.348. The average Bonchev–Trinajstić information content (AvgIpc) is 3.03. The molecule has 1 aliphatic rings. The second-order valence-corrected chi connectivity index (χ2v) is 10.9. The lowest BCUT2D eigenvalue weighted by Gasteiger charge is -2.11. The monoisotopic (exact) mass is 539 g/mol. The van der Waals surface area contributed by atoms with Crippen LogP contribution in [0.3, 0.4) is 0 Å². The maximum atomic E-state index is 12.8. The number of fused-ring (bicyclic) bond motifs is 1. The van der Waals surface area contributed by atoms with Crippen molar-refractivity contribution >= 4 is 68.7 Å². The predicted molar refractivity (Wildman–Crippen MR) is 154 cm³/mol. The van der Waals surface area contributed by atoms with Crippen LogP contribution in [-0.4, -0.2) is 29.3 Å². The van der Waals surface area contributed by atoms with Crippen molar-refractivity contribution in [2.24, 2.45) is 0 Å². The zero-order chi connectivity index (χ0) is 25.3. The fourth-order valence-electron chi connectivity index (χ4n) is 4.04. The van der Waals surface area contributed by atoms with Gasteiger partial charge in [-0.2, -0.15) is 0 Å². The molecule has 6 nitrogen and oxygen atoms in total. The first-order valence-corrected chi connectivity index (χ1v) is 14.2. The Labute approximate surface area is 225 Å². The lowest BCUT2D eigenvalue weighted by Crippen LogP contribution is -2.19. The molecule has 3 aromatic rings. The van der Waals surface area contributed by atoms with Gasteiger partial charge in [0.2, 0.25) is 5.91 Å². The molecule has 0 radical (unpaired) electrons. The molecule has 0 spiro atoms. The molecular formula is C27H29N3O3S3. The molecule has 4 rings (SSSR count). The second kappa shape index (κ2) is 12.9. The zero-order valence-corrected chi connectivity index (χ0v) is 22.5. The smallest absolute Gasteiger partial charge is 0.341 e. The number of thioether (sulfide) groups is 1. The van der Waals surface area contributed by atoms with Gasteiger partial charge in [-0.1, -0.05) is 30.7 Å². The van der Waals surface area contributed by atoms with Crippen LogP contribution in [0.25, 0.3) is 0 Å². The number of nitrogens with one attached hydrogen (secondary N) is 3. The molecule has 3 N–H and O–H groups in total. The highest BCUT2D eigenvalue weighted by Gasteiger charge is 2.26. The van der Waals surface area contributed by atoms with E-state index in [0.29, 0.717) is 22.3 Å². The largest absolute Gasteiger partial charge is 0.462 e. The van der Waals surface area contributed by atoms with Crippen LogP contribution in [0.1, 0.15) is 47.0 Å². The summed E-state index contributed by atoms with van der Waals surface area (Å²) in [6.07, 6.45) is 5.11. The van der Waals surface area contributed by atoms with Crippen LogP contribution < -0.4 is 16.0 Å². The molecule has 1 aromatic heterocycles. The number of carbonyl (C=O) groups is 2. The van der Waals surface area contributed by atoms with Crippen molar-refractivity contribution in [3.05, 3.63) is 70.6 Å². The van der Waals surface area contributed by atoms with Crippen LogP contribution in [0.4, 0.5) is 16.4 Å². The summed E-state index contributed by atoms with van der Waals surface area (Å²) >= 11 is 8.35. The van der Waals surface area contributed by atoms with Gasteiger partial charge in [-0.05, 0) is 80.7 Å². The van der Waals surface area contributed by atoms with Gasteiger partial charge in [0.1, 0.15) is 5.00 Å². The number of rotatable bonds is 8. The van der Waals surface area contributed by atoms with E-state index in [2.05, 4.69) is 16.0 Å². The molecule has 9 heteroatoms. The number of esters is 1. The van der Waals surface area contributed by atoms with Gasteiger partial charge in [-0.3, -0.25) is 4.79 Å². The van der Waals surface area contributed by atoms with E-state index in [1.807, 2.05) is 54.6 Å². The van der Waals surface area contributed by atoms with Crippen LogP contribution in [0, 0.1) is 0 Å². The molecule has 1 amide bonds. The van der Waals surface area contributed by atoms with Crippen molar-refractivity contribution in [1.29, 1.82) is 0 Å². The molecule has 0 saturated heterocycles. The lowest BCUT2D eigenvalue weighted by molar-refractivity contribution is -0.113. The summed E-state index contributed by atoms with van der Waals surface area (Å²) in [6, 6.07) is 17.5. The summed E-state index contributed by atoms with van der Waals surface area (Å²) < 4.78 is 5.32. The number of benzene rings is 2. The van der Waals surface area contributed by atoms with Crippen molar-refractivity contribution in [2.75, 3.05) is 28.3 Å². The number of hydrogen-bond acceptors (Lipinski definition) is 6. The van der Waals surface area contributed by atoms with Gasteiger partial charge in [-0.15, -0.1) is 23.1 Å². The Hall–Kier alpha value is -2.88. The number of amides is 1. The van der Waals surface area contributed by atoms with Crippen molar-refractivity contribution in [3.8, 4) is 0 Å². The molecule has 0 saturated carbocycles. The summed E-state index contributed by atoms with van der Waals surface area (Å²) in [4.78, 5) is 27.7. The van der Waals surface area contributed by atoms with Crippen LogP contribution >= 0.6 is 35.3 Å². The molecular weight excluding hydrogens is 511 g/mol.